The lowest BCUT2D eigenvalue weighted by Gasteiger charge is -2.12. The number of alkyl halides is 1. The summed E-state index contributed by atoms with van der Waals surface area (Å²) < 4.78 is 10.4. The Morgan fingerprint density at radius 3 is 2.75 bits per heavy atom. The highest BCUT2D eigenvalue weighted by Crippen LogP contribution is 2.27. The summed E-state index contributed by atoms with van der Waals surface area (Å²) in [6.07, 6.45) is 0. The van der Waals surface area contributed by atoms with Crippen LogP contribution in [0.2, 0.25) is 0 Å². The Morgan fingerprint density at radius 1 is 1.50 bits per heavy atom. The van der Waals surface area contributed by atoms with Gasteiger partial charge in [-0.25, -0.2) is 0 Å². The first-order chi connectivity index (χ1) is 7.54. The molecule has 4 nitrogen and oxygen atoms in total. The highest BCUT2D eigenvalue weighted by Gasteiger charge is 2.15. The van der Waals surface area contributed by atoms with Crippen molar-refractivity contribution >= 4 is 17.6 Å². The van der Waals surface area contributed by atoms with Gasteiger partial charge in [0.2, 0.25) is 0 Å². The van der Waals surface area contributed by atoms with Crippen LogP contribution < -0.4 is 9.47 Å². The van der Waals surface area contributed by atoms with Gasteiger partial charge in [0.25, 0.3) is 0 Å². The molecule has 0 spiro atoms. The van der Waals surface area contributed by atoms with Gasteiger partial charge in [0.15, 0.2) is 16.9 Å². The summed E-state index contributed by atoms with van der Waals surface area (Å²) in [7, 11) is 1.52. The molecule has 0 heterocycles. The third-order valence-electron chi connectivity index (χ3n) is 1.97. The van der Waals surface area contributed by atoms with E-state index in [-0.39, 0.29) is 6.61 Å². The zero-order valence-electron chi connectivity index (χ0n) is 9.07. The maximum atomic E-state index is 10.5. The van der Waals surface area contributed by atoms with E-state index in [1.54, 1.807) is 12.1 Å². The predicted molar refractivity (Wildman–Crippen MR) is 60.5 cm³/mol. The van der Waals surface area contributed by atoms with E-state index in [9.17, 15) is 4.79 Å². The van der Waals surface area contributed by atoms with Crippen LogP contribution in [0.5, 0.6) is 11.5 Å². The first-order valence-electron chi connectivity index (χ1n) is 4.69. The monoisotopic (exact) mass is 244 g/mol. The Morgan fingerprint density at radius 2 is 2.19 bits per heavy atom. The summed E-state index contributed by atoms with van der Waals surface area (Å²) in [5, 5.41) is 7.52. The predicted octanol–water partition coefficient (Wildman–Crippen LogP) is 2.07. The molecule has 88 valence electrons. The number of aliphatic carboxylic acids is 1. The first-order valence-corrected chi connectivity index (χ1v) is 5.12. The molecular weight excluding hydrogens is 232 g/mol. The number of halogens is 1. The molecule has 0 amide bonds. The molecule has 1 aromatic carbocycles. The van der Waals surface area contributed by atoms with E-state index < -0.39 is 11.3 Å². The topological polar surface area (TPSA) is 55.8 Å². The summed E-state index contributed by atoms with van der Waals surface area (Å²) in [6, 6.07) is 5.38. The molecule has 1 unspecified atom stereocenters. The van der Waals surface area contributed by atoms with Crippen LogP contribution in [-0.2, 0) is 4.79 Å². The van der Waals surface area contributed by atoms with Crippen LogP contribution in [-0.4, -0.2) is 30.2 Å². The standard InChI is InChI=1S/C11H13ClO4/c1-7-3-4-9(10(5-7)15-2)16-6-8(12)11(13)14/h3-5,8H,6H2,1-2H3,(H,13,14). The summed E-state index contributed by atoms with van der Waals surface area (Å²) >= 11 is 5.53. The highest BCUT2D eigenvalue weighted by molar-refractivity contribution is 6.29. The quantitative estimate of drug-likeness (QED) is 0.806. The van der Waals surface area contributed by atoms with Crippen LogP contribution in [0.1, 0.15) is 5.56 Å². The molecule has 0 aliphatic rings. The van der Waals surface area contributed by atoms with Crippen LogP contribution in [0, 0.1) is 6.92 Å². The Kier molecular flexibility index (Phi) is 4.43. The van der Waals surface area contributed by atoms with Gasteiger partial charge in [-0.05, 0) is 24.6 Å². The number of carbonyl (C=O) groups is 1. The molecule has 1 rings (SSSR count). The third kappa shape index (κ3) is 3.31. The molecule has 0 aliphatic carbocycles. The van der Waals surface area contributed by atoms with Crippen LogP contribution in [0.3, 0.4) is 0 Å². The minimum Gasteiger partial charge on any atom is -0.493 e. The average Bonchev–Trinajstić information content (AvgIpc) is 2.26. The molecule has 0 bridgehead atoms. The molecular formula is C11H13ClO4. The number of benzene rings is 1. The molecule has 0 saturated carbocycles. The minimum absolute atomic E-state index is 0.101. The fourth-order valence-corrected chi connectivity index (χ4v) is 1.19. The number of carboxylic acid groups (broad SMARTS) is 1. The molecule has 5 heteroatoms. The van der Waals surface area contributed by atoms with E-state index in [0.29, 0.717) is 11.5 Å². The van der Waals surface area contributed by atoms with Crippen molar-refractivity contribution in [2.75, 3.05) is 13.7 Å². The molecule has 0 aliphatic heterocycles. The highest BCUT2D eigenvalue weighted by atomic mass is 35.5. The van der Waals surface area contributed by atoms with E-state index in [2.05, 4.69) is 0 Å². The normalized spacial score (nSPS) is 11.9. The largest absolute Gasteiger partial charge is 0.493 e. The van der Waals surface area contributed by atoms with Crippen LogP contribution >= 0.6 is 11.6 Å². The number of hydrogen-bond donors (Lipinski definition) is 1. The lowest BCUT2D eigenvalue weighted by molar-refractivity contribution is -0.137. The maximum absolute atomic E-state index is 10.5. The summed E-state index contributed by atoms with van der Waals surface area (Å²) in [4.78, 5) is 10.5. The average molecular weight is 245 g/mol. The fraction of sp³-hybridized carbons (Fsp3) is 0.364. The maximum Gasteiger partial charge on any atom is 0.325 e. The van der Waals surface area contributed by atoms with Gasteiger partial charge in [0, 0.05) is 0 Å². The number of rotatable bonds is 5. The van der Waals surface area contributed by atoms with E-state index in [1.807, 2.05) is 13.0 Å². The van der Waals surface area contributed by atoms with Gasteiger partial charge in [0.1, 0.15) is 6.61 Å². The number of hydrogen-bond acceptors (Lipinski definition) is 3. The van der Waals surface area contributed by atoms with Crippen molar-refractivity contribution in [3.05, 3.63) is 23.8 Å². The molecule has 0 fully saturated rings. The van der Waals surface area contributed by atoms with Gasteiger partial charge in [-0.2, -0.15) is 0 Å². The van der Waals surface area contributed by atoms with Gasteiger partial charge in [-0.1, -0.05) is 6.07 Å². The lowest BCUT2D eigenvalue weighted by atomic mass is 10.2. The second-order valence-electron chi connectivity index (χ2n) is 3.27. The summed E-state index contributed by atoms with van der Waals surface area (Å²) in [5.74, 6) is -0.0537. The molecule has 1 aromatic rings. The Balaban J connectivity index is 2.70. The number of carboxylic acids is 1. The number of methoxy groups -OCH3 is 1. The summed E-state index contributed by atoms with van der Waals surface area (Å²) in [5.41, 5.74) is 1.03. The third-order valence-corrected chi connectivity index (χ3v) is 2.28. The van der Waals surface area contributed by atoms with Gasteiger partial charge in [-0.15, -0.1) is 11.6 Å². The smallest absolute Gasteiger partial charge is 0.325 e. The van der Waals surface area contributed by atoms with E-state index >= 15 is 0 Å². The van der Waals surface area contributed by atoms with Crippen molar-refractivity contribution in [2.45, 2.75) is 12.3 Å². The van der Waals surface area contributed by atoms with Crippen molar-refractivity contribution in [1.82, 2.24) is 0 Å². The molecule has 1 atom stereocenters. The van der Waals surface area contributed by atoms with Crippen molar-refractivity contribution in [2.24, 2.45) is 0 Å². The fourth-order valence-electron chi connectivity index (χ4n) is 1.13. The Hall–Kier alpha value is -1.42. The van der Waals surface area contributed by atoms with Crippen molar-refractivity contribution < 1.29 is 19.4 Å². The van der Waals surface area contributed by atoms with Crippen molar-refractivity contribution in [3.8, 4) is 11.5 Å². The molecule has 16 heavy (non-hydrogen) atoms. The van der Waals surface area contributed by atoms with Gasteiger partial charge >= 0.3 is 5.97 Å². The van der Waals surface area contributed by atoms with E-state index in [0.717, 1.165) is 5.56 Å². The van der Waals surface area contributed by atoms with Crippen LogP contribution in [0.4, 0.5) is 0 Å². The molecule has 0 radical (unpaired) electrons. The first kappa shape index (κ1) is 12.6. The Labute approximate surface area is 98.7 Å². The number of ether oxygens (including phenoxy) is 2. The second-order valence-corrected chi connectivity index (χ2v) is 3.80. The van der Waals surface area contributed by atoms with Crippen molar-refractivity contribution in [1.29, 1.82) is 0 Å². The van der Waals surface area contributed by atoms with Gasteiger partial charge in [-0.3, -0.25) is 4.79 Å². The van der Waals surface area contributed by atoms with E-state index in [4.69, 9.17) is 26.2 Å². The van der Waals surface area contributed by atoms with E-state index in [1.165, 1.54) is 7.11 Å². The van der Waals surface area contributed by atoms with Crippen LogP contribution in [0.15, 0.2) is 18.2 Å². The van der Waals surface area contributed by atoms with Crippen molar-refractivity contribution in [3.63, 3.8) is 0 Å². The molecule has 1 N–H and O–H groups in total. The lowest BCUT2D eigenvalue weighted by Crippen LogP contribution is -2.21. The SMILES string of the molecule is COc1cc(C)ccc1OCC(Cl)C(=O)O. The van der Waals surface area contributed by atoms with Gasteiger partial charge < -0.3 is 14.6 Å². The molecule has 0 aromatic heterocycles. The minimum atomic E-state index is -1.10. The zero-order valence-corrected chi connectivity index (χ0v) is 9.82. The zero-order chi connectivity index (χ0) is 12.1. The van der Waals surface area contributed by atoms with Gasteiger partial charge in [0.05, 0.1) is 7.11 Å². The Bertz CT molecular complexity index is 378. The summed E-state index contributed by atoms with van der Waals surface area (Å²) in [6.45, 7) is 1.82. The number of aryl methyl sites for hydroxylation is 1. The second kappa shape index (κ2) is 5.61. The van der Waals surface area contributed by atoms with Crippen LogP contribution in [0.25, 0.3) is 0 Å². The molecule has 0 saturated heterocycles.